The van der Waals surface area contributed by atoms with Gasteiger partial charge in [0.15, 0.2) is 0 Å². The minimum absolute atomic E-state index is 0. The van der Waals surface area contributed by atoms with E-state index < -0.39 is 0 Å². The first-order valence-corrected chi connectivity index (χ1v) is 3.51. The van der Waals surface area contributed by atoms with Gasteiger partial charge in [0.05, 0.1) is 7.11 Å². The first-order chi connectivity index (χ1) is 5.25. The molecule has 0 saturated carbocycles. The molecule has 1 rings (SSSR count). The second kappa shape index (κ2) is 6.07. The van der Waals surface area contributed by atoms with Crippen LogP contribution in [0.4, 0.5) is 0 Å². The summed E-state index contributed by atoms with van der Waals surface area (Å²) in [4.78, 5) is 10.8. The van der Waals surface area contributed by atoms with Crippen LogP contribution in [0.15, 0.2) is 24.3 Å². The van der Waals surface area contributed by atoms with Gasteiger partial charge in [-0.1, -0.05) is 12.1 Å². The van der Waals surface area contributed by atoms with Crippen LogP contribution < -0.4 is 56.1 Å². The minimum Gasteiger partial charge on any atom is -0.737 e. The van der Waals surface area contributed by atoms with Crippen LogP contribution in [-0.2, 0) is 12.6 Å². The number of hydrogen-bond acceptors (Lipinski definition) is 3. The van der Waals surface area contributed by atoms with Crippen molar-refractivity contribution in [2.75, 3.05) is 7.11 Å². The van der Waals surface area contributed by atoms with E-state index in [1.165, 1.54) is 7.11 Å². The number of methoxy groups -OCH3 is 1. The molecule has 0 unspecified atom stereocenters. The fraction of sp³-hybridized carbons (Fsp3) is 0.125. The van der Waals surface area contributed by atoms with Gasteiger partial charge in [-0.05, 0) is 12.1 Å². The molecule has 1 aromatic carbocycles. The molecule has 0 atom stereocenters. The van der Waals surface area contributed by atoms with Gasteiger partial charge in [-0.3, -0.25) is 0 Å². The maximum Gasteiger partial charge on any atom is 1.00 e. The van der Waals surface area contributed by atoms with E-state index in [1.807, 2.05) is 0 Å². The topological polar surface area (TPSA) is 26.3 Å². The molecule has 0 aliphatic heterocycles. The Morgan fingerprint density at radius 3 is 2.42 bits per heavy atom. The van der Waals surface area contributed by atoms with Gasteiger partial charge in [0.25, 0.3) is 0 Å². The molecule has 0 radical (unpaired) electrons. The molecule has 0 spiro atoms. The van der Waals surface area contributed by atoms with Crippen LogP contribution in [0.5, 0.6) is 5.75 Å². The Labute approximate surface area is 120 Å². The van der Waals surface area contributed by atoms with Crippen molar-refractivity contribution in [1.82, 2.24) is 0 Å². The summed E-state index contributed by atoms with van der Waals surface area (Å²) in [6, 6.07) is 6.90. The molecule has 0 aromatic heterocycles. The maximum atomic E-state index is 10.8. The first-order valence-electron chi connectivity index (χ1n) is 3.10. The van der Waals surface area contributed by atoms with Gasteiger partial charge in [0.1, 0.15) is 5.75 Å². The van der Waals surface area contributed by atoms with Crippen LogP contribution in [0, 0.1) is 0 Å². The maximum absolute atomic E-state index is 10.8. The van der Waals surface area contributed by atoms with Crippen molar-refractivity contribution in [3.05, 3.63) is 29.8 Å². The average Bonchev–Trinajstić information content (AvgIpc) is 2.04. The smallest absolute Gasteiger partial charge is 0.737 e. The number of para-hydroxylation sites is 1. The SMILES string of the molecule is COc1ccccc1C(=O)[S-].[K+]. The fourth-order valence-corrected chi connectivity index (χ4v) is 0.982. The first kappa shape index (κ1) is 12.5. The summed E-state index contributed by atoms with van der Waals surface area (Å²) in [6.45, 7) is 0. The monoisotopic (exact) mass is 206 g/mol. The summed E-state index contributed by atoms with van der Waals surface area (Å²) in [6.07, 6.45) is 0. The summed E-state index contributed by atoms with van der Waals surface area (Å²) in [5.74, 6) is 0.535. The second-order valence-corrected chi connectivity index (χ2v) is 2.36. The predicted octanol–water partition coefficient (Wildman–Crippen LogP) is -1.61. The third kappa shape index (κ3) is 3.12. The number of carbonyl (C=O) groups excluding carboxylic acids is 1. The van der Waals surface area contributed by atoms with E-state index in [-0.39, 0.29) is 56.5 Å². The van der Waals surface area contributed by atoms with Crippen molar-refractivity contribution in [1.29, 1.82) is 0 Å². The van der Waals surface area contributed by atoms with Crippen LogP contribution in [0.25, 0.3) is 0 Å². The van der Waals surface area contributed by atoms with Crippen molar-refractivity contribution >= 4 is 17.7 Å². The van der Waals surface area contributed by atoms with Crippen LogP contribution in [-0.4, -0.2) is 12.2 Å². The van der Waals surface area contributed by atoms with Crippen molar-refractivity contribution < 1.29 is 60.9 Å². The third-order valence-electron chi connectivity index (χ3n) is 1.33. The van der Waals surface area contributed by atoms with E-state index in [0.29, 0.717) is 11.3 Å². The zero-order valence-electron chi connectivity index (χ0n) is 7.03. The van der Waals surface area contributed by atoms with Gasteiger partial charge >= 0.3 is 51.4 Å². The number of carbonyl (C=O) groups is 1. The Kier molecular flexibility index (Phi) is 6.35. The van der Waals surface area contributed by atoms with Gasteiger partial charge in [0, 0.05) is 10.7 Å². The molecule has 4 heteroatoms. The Bertz CT molecular complexity index is 276. The predicted molar refractivity (Wildman–Crippen MR) is 44.7 cm³/mol. The van der Waals surface area contributed by atoms with Crippen LogP contribution >= 0.6 is 0 Å². The molecule has 2 nitrogen and oxygen atoms in total. The van der Waals surface area contributed by atoms with Crippen LogP contribution in [0.3, 0.4) is 0 Å². The van der Waals surface area contributed by atoms with Gasteiger partial charge in [-0.2, -0.15) is 0 Å². The molecule has 0 fully saturated rings. The van der Waals surface area contributed by atoms with E-state index >= 15 is 0 Å². The minimum atomic E-state index is -0.387. The number of hydrogen-bond donors (Lipinski definition) is 0. The zero-order valence-corrected chi connectivity index (χ0v) is 11.0. The molecule has 0 bridgehead atoms. The third-order valence-corrected chi connectivity index (χ3v) is 1.55. The standard InChI is InChI=1S/C8H8O2S.K/c1-10-7-5-3-2-4-6(7)8(9)11;/h2-5H,1H3,(H,9,11);/q;+1/p-1. The van der Waals surface area contributed by atoms with E-state index in [9.17, 15) is 4.79 Å². The largest absolute Gasteiger partial charge is 1.00 e. The Morgan fingerprint density at radius 2 is 2.00 bits per heavy atom. The molecule has 0 aliphatic carbocycles. The summed E-state index contributed by atoms with van der Waals surface area (Å²) in [5.41, 5.74) is 0.449. The van der Waals surface area contributed by atoms with Crippen LogP contribution in [0.1, 0.15) is 10.4 Å². The molecule has 0 saturated heterocycles. The van der Waals surface area contributed by atoms with E-state index in [1.54, 1.807) is 24.3 Å². The molecule has 12 heavy (non-hydrogen) atoms. The van der Waals surface area contributed by atoms with Gasteiger partial charge < -0.3 is 22.2 Å². The van der Waals surface area contributed by atoms with Crippen molar-refractivity contribution in [3.63, 3.8) is 0 Å². The fourth-order valence-electron chi connectivity index (χ4n) is 0.813. The van der Waals surface area contributed by atoms with Crippen molar-refractivity contribution in [2.24, 2.45) is 0 Å². The summed E-state index contributed by atoms with van der Waals surface area (Å²) in [7, 11) is 1.51. The Balaban J connectivity index is 0.00000121. The normalized spacial score (nSPS) is 8.42. The Hall–Kier alpha value is 0.546. The number of benzene rings is 1. The quantitative estimate of drug-likeness (QED) is 0.430. The summed E-state index contributed by atoms with van der Waals surface area (Å²) >= 11 is 4.48. The zero-order chi connectivity index (χ0) is 8.27. The van der Waals surface area contributed by atoms with Crippen molar-refractivity contribution in [3.8, 4) is 5.75 Å². The average molecular weight is 206 g/mol. The molecule has 0 heterocycles. The van der Waals surface area contributed by atoms with E-state index in [4.69, 9.17) is 4.74 Å². The number of ether oxygens (including phenoxy) is 1. The molecular formula is C8H7KO2S. The molecule has 0 amide bonds. The summed E-state index contributed by atoms with van der Waals surface area (Å²) < 4.78 is 4.92. The van der Waals surface area contributed by atoms with E-state index in [2.05, 4.69) is 12.6 Å². The van der Waals surface area contributed by atoms with Gasteiger partial charge in [-0.15, -0.1) is 0 Å². The second-order valence-electron chi connectivity index (χ2n) is 1.99. The molecule has 0 aliphatic rings. The molecular weight excluding hydrogens is 199 g/mol. The Morgan fingerprint density at radius 1 is 1.42 bits per heavy atom. The van der Waals surface area contributed by atoms with Gasteiger partial charge in [0.2, 0.25) is 0 Å². The molecule has 0 N–H and O–H groups in total. The summed E-state index contributed by atoms with van der Waals surface area (Å²) in [5, 5.41) is -0.387. The van der Waals surface area contributed by atoms with Crippen molar-refractivity contribution in [2.45, 2.75) is 0 Å². The van der Waals surface area contributed by atoms with Gasteiger partial charge in [-0.25, -0.2) is 0 Å². The van der Waals surface area contributed by atoms with Crippen LogP contribution in [0.2, 0.25) is 0 Å². The molecule has 1 aromatic rings. The van der Waals surface area contributed by atoms with E-state index in [0.717, 1.165) is 0 Å². The number of rotatable bonds is 2. The molecule has 58 valence electrons.